The lowest BCUT2D eigenvalue weighted by molar-refractivity contribution is 0.0181. The maximum Gasteiger partial charge on any atom is 0.264 e. The van der Waals surface area contributed by atoms with Crippen molar-refractivity contribution in [2.45, 2.75) is 24.6 Å². The molecular weight excluding hydrogens is 204 g/mol. The van der Waals surface area contributed by atoms with Gasteiger partial charge in [0.25, 0.3) is 7.52 Å². The van der Waals surface area contributed by atoms with E-state index in [2.05, 4.69) is 5.09 Å². The van der Waals surface area contributed by atoms with Gasteiger partial charge in [-0.2, -0.15) is 0 Å². The van der Waals surface area contributed by atoms with Crippen LogP contribution in [0, 0.1) is 0 Å². The summed E-state index contributed by atoms with van der Waals surface area (Å²) in [6.45, 7) is 1.74. The SMILES string of the molecule is B[C@H]1C[C@@H](NP(C)(=O)O)[C@@H](COC)O1. The summed E-state index contributed by atoms with van der Waals surface area (Å²) >= 11 is 0. The summed E-state index contributed by atoms with van der Waals surface area (Å²) in [7, 11) is 0.350. The van der Waals surface area contributed by atoms with Crippen molar-refractivity contribution in [2.75, 3.05) is 20.4 Å². The molecule has 1 aliphatic heterocycles. The van der Waals surface area contributed by atoms with Crippen LogP contribution in [0.4, 0.5) is 0 Å². The van der Waals surface area contributed by atoms with Crippen LogP contribution in [-0.4, -0.2) is 51.3 Å². The molecule has 14 heavy (non-hydrogen) atoms. The summed E-state index contributed by atoms with van der Waals surface area (Å²) in [4.78, 5) is 9.20. The van der Waals surface area contributed by atoms with Crippen molar-refractivity contribution >= 4 is 15.4 Å². The van der Waals surface area contributed by atoms with Gasteiger partial charge in [0, 0.05) is 25.8 Å². The number of rotatable bonds is 4. The van der Waals surface area contributed by atoms with E-state index in [4.69, 9.17) is 9.47 Å². The van der Waals surface area contributed by atoms with Gasteiger partial charge in [0.2, 0.25) is 0 Å². The first kappa shape index (κ1) is 12.2. The summed E-state index contributed by atoms with van der Waals surface area (Å²) < 4.78 is 21.7. The molecule has 1 rings (SSSR count). The van der Waals surface area contributed by atoms with E-state index < -0.39 is 7.52 Å². The van der Waals surface area contributed by atoms with Gasteiger partial charge in [-0.15, -0.1) is 0 Å². The average Bonchev–Trinajstić information content (AvgIpc) is 2.28. The predicted molar refractivity (Wildman–Crippen MR) is 56.4 cm³/mol. The van der Waals surface area contributed by atoms with E-state index in [1.54, 1.807) is 7.11 Å². The second kappa shape index (κ2) is 4.77. The third-order valence-electron chi connectivity index (χ3n) is 2.18. The summed E-state index contributed by atoms with van der Waals surface area (Å²) in [5, 5.41) is 2.69. The van der Waals surface area contributed by atoms with Crippen LogP contribution >= 0.6 is 7.52 Å². The first-order chi connectivity index (χ1) is 6.42. The third-order valence-corrected chi connectivity index (χ3v) is 2.99. The molecule has 1 unspecified atom stereocenters. The Morgan fingerprint density at radius 2 is 2.43 bits per heavy atom. The van der Waals surface area contributed by atoms with E-state index in [0.717, 1.165) is 6.42 Å². The van der Waals surface area contributed by atoms with Gasteiger partial charge in [0.15, 0.2) is 0 Å². The van der Waals surface area contributed by atoms with E-state index in [0.29, 0.717) is 6.61 Å². The molecule has 1 fully saturated rings. The molecule has 1 saturated heterocycles. The maximum atomic E-state index is 11.2. The largest absolute Gasteiger partial charge is 0.382 e. The van der Waals surface area contributed by atoms with E-state index in [1.807, 2.05) is 7.85 Å². The van der Waals surface area contributed by atoms with Crippen molar-refractivity contribution < 1.29 is 18.9 Å². The van der Waals surface area contributed by atoms with Crippen LogP contribution in [0.3, 0.4) is 0 Å². The van der Waals surface area contributed by atoms with Gasteiger partial charge in [0.1, 0.15) is 7.85 Å². The Morgan fingerprint density at radius 1 is 1.79 bits per heavy atom. The quantitative estimate of drug-likeness (QED) is 0.478. The Labute approximate surface area is 85.1 Å². The molecule has 0 aliphatic carbocycles. The van der Waals surface area contributed by atoms with Crippen molar-refractivity contribution in [3.05, 3.63) is 0 Å². The van der Waals surface area contributed by atoms with Crippen LogP contribution in [0.1, 0.15) is 6.42 Å². The minimum absolute atomic E-state index is 0.0919. The van der Waals surface area contributed by atoms with Crippen molar-refractivity contribution in [3.63, 3.8) is 0 Å². The lowest BCUT2D eigenvalue weighted by Crippen LogP contribution is -2.36. The Bertz CT molecular complexity index is 234. The highest BCUT2D eigenvalue weighted by atomic mass is 31.2. The molecule has 0 aromatic carbocycles. The fourth-order valence-corrected chi connectivity index (χ4v) is 2.61. The van der Waals surface area contributed by atoms with Crippen LogP contribution in [-0.2, 0) is 14.0 Å². The first-order valence-corrected chi connectivity index (χ1v) is 6.75. The number of hydrogen-bond donors (Lipinski definition) is 2. The summed E-state index contributed by atoms with van der Waals surface area (Å²) in [6.07, 6.45) is 0.613. The molecule has 2 N–H and O–H groups in total. The molecule has 0 bridgehead atoms. The highest BCUT2D eigenvalue weighted by molar-refractivity contribution is 7.55. The topological polar surface area (TPSA) is 67.8 Å². The highest BCUT2D eigenvalue weighted by Crippen LogP contribution is 2.33. The van der Waals surface area contributed by atoms with Gasteiger partial charge >= 0.3 is 0 Å². The lowest BCUT2D eigenvalue weighted by Gasteiger charge is -2.20. The van der Waals surface area contributed by atoms with E-state index in [9.17, 15) is 9.46 Å². The standard InChI is InChI=1S/C7H17BNO4P/c1-12-4-6-5(3-7(8)13-6)9-14(2,10)11/h5-7H,3-4,8H2,1-2H3,(H2,9,10,11)/t5-,6-,7-/m1/s1. The monoisotopic (exact) mass is 221 g/mol. The van der Waals surface area contributed by atoms with Crippen LogP contribution < -0.4 is 5.09 Å². The minimum atomic E-state index is -3.19. The van der Waals surface area contributed by atoms with Gasteiger partial charge in [-0.1, -0.05) is 0 Å². The van der Waals surface area contributed by atoms with Gasteiger partial charge in [-0.3, -0.25) is 4.57 Å². The Morgan fingerprint density at radius 3 is 2.93 bits per heavy atom. The number of nitrogens with one attached hydrogen (secondary N) is 1. The van der Waals surface area contributed by atoms with E-state index >= 15 is 0 Å². The summed E-state index contributed by atoms with van der Waals surface area (Å²) in [5.74, 6) is 0. The summed E-state index contributed by atoms with van der Waals surface area (Å²) in [5.41, 5.74) is 0. The molecule has 0 spiro atoms. The molecule has 0 saturated carbocycles. The highest BCUT2D eigenvalue weighted by Gasteiger charge is 2.35. The lowest BCUT2D eigenvalue weighted by atomic mass is 9.95. The molecule has 0 aromatic heterocycles. The Kier molecular flexibility index (Phi) is 4.16. The summed E-state index contributed by atoms with van der Waals surface area (Å²) in [6, 6.07) is 0.0185. The molecule has 0 radical (unpaired) electrons. The molecule has 4 atom stereocenters. The maximum absolute atomic E-state index is 11.2. The molecule has 82 valence electrons. The minimum Gasteiger partial charge on any atom is -0.382 e. The zero-order valence-corrected chi connectivity index (χ0v) is 9.66. The third kappa shape index (κ3) is 3.71. The second-order valence-corrected chi connectivity index (χ2v) is 5.81. The fraction of sp³-hybridized carbons (Fsp3) is 1.00. The van der Waals surface area contributed by atoms with Crippen LogP contribution in [0.15, 0.2) is 0 Å². The van der Waals surface area contributed by atoms with E-state index in [-0.39, 0.29) is 18.1 Å². The number of ether oxygens (including phenoxy) is 2. The van der Waals surface area contributed by atoms with Crippen molar-refractivity contribution in [3.8, 4) is 0 Å². The normalized spacial score (nSPS) is 36.9. The molecule has 1 aliphatic rings. The zero-order valence-electron chi connectivity index (χ0n) is 8.77. The molecular formula is C7H17BNO4P. The van der Waals surface area contributed by atoms with Crippen LogP contribution in [0.5, 0.6) is 0 Å². The average molecular weight is 221 g/mol. The number of methoxy groups -OCH3 is 1. The second-order valence-electron chi connectivity index (χ2n) is 3.79. The van der Waals surface area contributed by atoms with Crippen molar-refractivity contribution in [2.24, 2.45) is 0 Å². The smallest absolute Gasteiger partial charge is 0.264 e. The van der Waals surface area contributed by atoms with Crippen LogP contribution in [0.25, 0.3) is 0 Å². The van der Waals surface area contributed by atoms with Gasteiger partial charge < -0.3 is 14.4 Å². The molecule has 7 heteroatoms. The Balaban J connectivity index is 2.53. The molecule has 5 nitrogen and oxygen atoms in total. The molecule has 0 amide bonds. The van der Waals surface area contributed by atoms with Gasteiger partial charge in [-0.05, 0) is 6.42 Å². The fourth-order valence-electron chi connectivity index (χ4n) is 1.72. The number of hydrogen-bond acceptors (Lipinski definition) is 3. The van der Waals surface area contributed by atoms with Gasteiger partial charge in [0.05, 0.1) is 12.7 Å². The van der Waals surface area contributed by atoms with Gasteiger partial charge in [-0.25, -0.2) is 5.09 Å². The van der Waals surface area contributed by atoms with E-state index in [1.165, 1.54) is 6.66 Å². The van der Waals surface area contributed by atoms with Crippen LogP contribution in [0.2, 0.25) is 0 Å². The zero-order chi connectivity index (χ0) is 10.8. The van der Waals surface area contributed by atoms with Crippen molar-refractivity contribution in [1.82, 2.24) is 5.09 Å². The first-order valence-electron chi connectivity index (χ1n) is 4.65. The molecule has 0 aromatic rings. The Hall–Kier alpha value is 0.135. The van der Waals surface area contributed by atoms with Crippen molar-refractivity contribution in [1.29, 1.82) is 0 Å². The predicted octanol–water partition coefficient (Wildman–Crippen LogP) is -0.846. The molecule has 1 heterocycles.